The van der Waals surface area contributed by atoms with Gasteiger partial charge in [0.05, 0.1) is 0 Å². The van der Waals surface area contributed by atoms with Crippen molar-refractivity contribution < 1.29 is 0 Å². The molecule has 2 rings (SSSR count). The number of nitrogens with zero attached hydrogens (tertiary/aromatic N) is 1. The molecule has 0 amide bonds. The Hall–Kier alpha value is -0.570. The second-order valence-electron chi connectivity index (χ2n) is 4.49. The third-order valence-corrected chi connectivity index (χ3v) is 3.24. The summed E-state index contributed by atoms with van der Waals surface area (Å²) in [7, 11) is 0. The summed E-state index contributed by atoms with van der Waals surface area (Å²) in [6, 6.07) is 9.36. The second kappa shape index (κ2) is 6.24. The van der Waals surface area contributed by atoms with Crippen molar-refractivity contribution in [3.05, 3.63) is 35.4 Å². The first-order valence-electron chi connectivity index (χ1n) is 5.79. The highest BCUT2D eigenvalue weighted by Crippen LogP contribution is 2.19. The third kappa shape index (κ3) is 3.21. The first-order valence-corrected chi connectivity index (χ1v) is 5.79. The number of nitrogens with two attached hydrogens (primary N) is 1. The first kappa shape index (κ1) is 13.5. The summed E-state index contributed by atoms with van der Waals surface area (Å²) in [4.78, 5) is 2.51. The molecule has 1 atom stereocenters. The lowest BCUT2D eigenvalue weighted by molar-refractivity contribution is 0.250. The van der Waals surface area contributed by atoms with E-state index >= 15 is 0 Å². The molecule has 0 saturated carbocycles. The van der Waals surface area contributed by atoms with Crippen LogP contribution in [0.4, 0.5) is 0 Å². The molecule has 3 heteroatoms. The molecule has 1 aromatic carbocycles. The van der Waals surface area contributed by atoms with Gasteiger partial charge < -0.3 is 5.73 Å². The van der Waals surface area contributed by atoms with Crippen molar-refractivity contribution in [3.63, 3.8) is 0 Å². The van der Waals surface area contributed by atoms with Crippen LogP contribution in [0.5, 0.6) is 0 Å². The first-order chi connectivity index (χ1) is 7.29. The van der Waals surface area contributed by atoms with E-state index in [-0.39, 0.29) is 12.4 Å². The monoisotopic (exact) mass is 240 g/mol. The number of hydrogen-bond acceptors (Lipinski definition) is 2. The molecule has 1 fully saturated rings. The Kier molecular flexibility index (Phi) is 5.26. The Morgan fingerprint density at radius 2 is 2.25 bits per heavy atom. The minimum Gasteiger partial charge on any atom is -0.329 e. The van der Waals surface area contributed by atoms with Crippen LogP contribution in [0.15, 0.2) is 24.3 Å². The van der Waals surface area contributed by atoms with Crippen molar-refractivity contribution >= 4 is 12.4 Å². The van der Waals surface area contributed by atoms with E-state index in [0.29, 0.717) is 6.04 Å². The summed E-state index contributed by atoms with van der Waals surface area (Å²) in [5.41, 5.74) is 8.52. The van der Waals surface area contributed by atoms with Gasteiger partial charge in [0.2, 0.25) is 0 Å². The van der Waals surface area contributed by atoms with Gasteiger partial charge in [-0.3, -0.25) is 4.90 Å². The number of rotatable bonds is 3. The van der Waals surface area contributed by atoms with Crippen LogP contribution in [-0.2, 0) is 6.54 Å². The van der Waals surface area contributed by atoms with E-state index in [1.165, 1.54) is 30.5 Å². The van der Waals surface area contributed by atoms with Gasteiger partial charge in [0.1, 0.15) is 0 Å². The van der Waals surface area contributed by atoms with Gasteiger partial charge in [-0.25, -0.2) is 0 Å². The molecule has 0 spiro atoms. The van der Waals surface area contributed by atoms with Crippen molar-refractivity contribution in [3.8, 4) is 0 Å². The molecule has 1 aliphatic rings. The van der Waals surface area contributed by atoms with Crippen LogP contribution in [0, 0.1) is 6.92 Å². The zero-order chi connectivity index (χ0) is 10.7. The molecule has 16 heavy (non-hydrogen) atoms. The molecule has 1 saturated heterocycles. The predicted octanol–water partition coefficient (Wildman–Crippen LogP) is 2.34. The molecule has 0 bridgehead atoms. The molecule has 90 valence electrons. The van der Waals surface area contributed by atoms with Crippen molar-refractivity contribution in [1.29, 1.82) is 0 Å². The van der Waals surface area contributed by atoms with Crippen molar-refractivity contribution in [2.75, 3.05) is 13.1 Å². The second-order valence-corrected chi connectivity index (χ2v) is 4.49. The summed E-state index contributed by atoms with van der Waals surface area (Å²) in [5, 5.41) is 0. The summed E-state index contributed by atoms with van der Waals surface area (Å²) < 4.78 is 0. The SMILES string of the molecule is Cc1cccc(CN2CCCC2CN)c1.Cl. The lowest BCUT2D eigenvalue weighted by Gasteiger charge is -2.23. The fourth-order valence-electron chi connectivity index (χ4n) is 2.42. The Labute approximate surface area is 104 Å². The standard InChI is InChI=1S/C13H20N2.ClH/c1-11-4-2-5-12(8-11)10-15-7-3-6-13(15)9-14;/h2,4-5,8,13H,3,6-7,9-10,14H2,1H3;1H. The molecule has 1 aliphatic heterocycles. The largest absolute Gasteiger partial charge is 0.329 e. The van der Waals surface area contributed by atoms with E-state index in [2.05, 4.69) is 36.1 Å². The van der Waals surface area contributed by atoms with E-state index in [1.807, 2.05) is 0 Å². The van der Waals surface area contributed by atoms with E-state index in [1.54, 1.807) is 0 Å². The summed E-state index contributed by atoms with van der Waals surface area (Å²) in [6.07, 6.45) is 2.57. The topological polar surface area (TPSA) is 29.3 Å². The Balaban J connectivity index is 0.00000128. The van der Waals surface area contributed by atoms with Gasteiger partial charge in [-0.1, -0.05) is 29.8 Å². The molecule has 0 radical (unpaired) electrons. The van der Waals surface area contributed by atoms with Crippen LogP contribution in [0.1, 0.15) is 24.0 Å². The van der Waals surface area contributed by atoms with Crippen LogP contribution in [0.2, 0.25) is 0 Å². The quantitative estimate of drug-likeness (QED) is 0.879. The maximum Gasteiger partial charge on any atom is 0.0237 e. The molecule has 1 aromatic rings. The minimum atomic E-state index is 0. The van der Waals surface area contributed by atoms with Crippen molar-refractivity contribution in [2.45, 2.75) is 32.4 Å². The van der Waals surface area contributed by atoms with Gasteiger partial charge in [-0.15, -0.1) is 12.4 Å². The highest BCUT2D eigenvalue weighted by atomic mass is 35.5. The maximum atomic E-state index is 5.77. The molecule has 0 aliphatic carbocycles. The average molecular weight is 241 g/mol. The van der Waals surface area contributed by atoms with Crippen molar-refractivity contribution in [1.82, 2.24) is 4.90 Å². The molecule has 1 unspecified atom stereocenters. The van der Waals surface area contributed by atoms with Crippen LogP contribution in [-0.4, -0.2) is 24.0 Å². The van der Waals surface area contributed by atoms with Gasteiger partial charge in [-0.2, -0.15) is 0 Å². The van der Waals surface area contributed by atoms with Gasteiger partial charge in [0, 0.05) is 19.1 Å². The minimum absolute atomic E-state index is 0. The highest BCUT2D eigenvalue weighted by molar-refractivity contribution is 5.85. The molecule has 1 heterocycles. The maximum absolute atomic E-state index is 5.77. The lowest BCUT2D eigenvalue weighted by atomic mass is 10.1. The average Bonchev–Trinajstić information content (AvgIpc) is 2.65. The van der Waals surface area contributed by atoms with Gasteiger partial charge in [0.15, 0.2) is 0 Å². The van der Waals surface area contributed by atoms with E-state index in [0.717, 1.165) is 13.1 Å². The normalized spacial score (nSPS) is 20.8. The Morgan fingerprint density at radius 1 is 1.44 bits per heavy atom. The van der Waals surface area contributed by atoms with Crippen LogP contribution in [0.25, 0.3) is 0 Å². The molecule has 2 N–H and O–H groups in total. The van der Waals surface area contributed by atoms with E-state index in [9.17, 15) is 0 Å². The number of hydrogen-bond donors (Lipinski definition) is 1. The zero-order valence-corrected chi connectivity index (χ0v) is 10.7. The summed E-state index contributed by atoms with van der Waals surface area (Å²) >= 11 is 0. The Morgan fingerprint density at radius 3 is 2.94 bits per heavy atom. The van der Waals surface area contributed by atoms with E-state index < -0.39 is 0 Å². The smallest absolute Gasteiger partial charge is 0.0237 e. The van der Waals surface area contributed by atoms with Gasteiger partial charge in [0.25, 0.3) is 0 Å². The zero-order valence-electron chi connectivity index (χ0n) is 9.86. The van der Waals surface area contributed by atoms with Crippen LogP contribution >= 0.6 is 12.4 Å². The molecule has 0 aromatic heterocycles. The summed E-state index contributed by atoms with van der Waals surface area (Å²) in [5.74, 6) is 0. The number of likely N-dealkylation sites (tertiary alicyclic amines) is 1. The summed E-state index contributed by atoms with van der Waals surface area (Å²) in [6.45, 7) is 5.21. The Bertz CT molecular complexity index is 327. The predicted molar refractivity (Wildman–Crippen MR) is 70.9 cm³/mol. The highest BCUT2D eigenvalue weighted by Gasteiger charge is 2.22. The molecular weight excluding hydrogens is 220 g/mol. The fourth-order valence-corrected chi connectivity index (χ4v) is 2.42. The van der Waals surface area contributed by atoms with Gasteiger partial charge in [-0.05, 0) is 31.9 Å². The molecule has 2 nitrogen and oxygen atoms in total. The number of benzene rings is 1. The van der Waals surface area contributed by atoms with Crippen LogP contribution < -0.4 is 5.73 Å². The molecular formula is C13H21ClN2. The lowest BCUT2D eigenvalue weighted by Crippen LogP contribution is -2.34. The van der Waals surface area contributed by atoms with Crippen molar-refractivity contribution in [2.24, 2.45) is 5.73 Å². The van der Waals surface area contributed by atoms with E-state index in [4.69, 9.17) is 5.73 Å². The third-order valence-electron chi connectivity index (χ3n) is 3.24. The number of aryl methyl sites for hydroxylation is 1. The number of halogens is 1. The van der Waals surface area contributed by atoms with Gasteiger partial charge >= 0.3 is 0 Å². The fraction of sp³-hybridized carbons (Fsp3) is 0.538. The van der Waals surface area contributed by atoms with Crippen LogP contribution in [0.3, 0.4) is 0 Å².